The summed E-state index contributed by atoms with van der Waals surface area (Å²) < 4.78 is 15.4. The van der Waals surface area contributed by atoms with Crippen molar-refractivity contribution in [3.05, 3.63) is 58.8 Å². The van der Waals surface area contributed by atoms with Gasteiger partial charge in [0.25, 0.3) is 5.91 Å². The molecule has 0 radical (unpaired) electrons. The first-order valence-electron chi connectivity index (χ1n) is 8.64. The summed E-state index contributed by atoms with van der Waals surface area (Å²) in [5.74, 6) is 0.469. The minimum absolute atomic E-state index is 0.0366. The summed E-state index contributed by atoms with van der Waals surface area (Å²) in [5, 5.41) is -0.0366. The zero-order valence-electron chi connectivity index (χ0n) is 14.3. The highest BCUT2D eigenvalue weighted by Crippen LogP contribution is 2.30. The smallest absolute Gasteiger partial charge is 0.253 e. The van der Waals surface area contributed by atoms with Gasteiger partial charge in [0.2, 0.25) is 0 Å². The molecule has 0 spiro atoms. The van der Waals surface area contributed by atoms with Crippen LogP contribution in [0.1, 0.15) is 35.4 Å². The van der Waals surface area contributed by atoms with Gasteiger partial charge in [0, 0.05) is 37.3 Å². The summed E-state index contributed by atoms with van der Waals surface area (Å²) in [6.45, 7) is 4.06. The second kappa shape index (κ2) is 6.68. The fourth-order valence-electron chi connectivity index (χ4n) is 3.57. The SMILES string of the molecule is CCn1c(C2CCN(C(=O)c3ccc(F)c(Cl)c3)C2)nc2cccnc21. The molecule has 3 heterocycles. The molecule has 1 atom stereocenters. The van der Waals surface area contributed by atoms with Gasteiger partial charge in [-0.15, -0.1) is 0 Å². The van der Waals surface area contributed by atoms with E-state index in [1.807, 2.05) is 12.1 Å². The first-order valence-corrected chi connectivity index (χ1v) is 9.01. The Morgan fingerprint density at radius 1 is 1.38 bits per heavy atom. The summed E-state index contributed by atoms with van der Waals surface area (Å²) in [7, 11) is 0. The molecule has 1 fully saturated rings. The Morgan fingerprint density at radius 2 is 2.23 bits per heavy atom. The molecule has 1 amide bonds. The molecule has 26 heavy (non-hydrogen) atoms. The Labute approximate surface area is 155 Å². The molecular weight excluding hydrogens is 355 g/mol. The average Bonchev–Trinajstić information content (AvgIpc) is 3.27. The molecule has 0 aliphatic carbocycles. The van der Waals surface area contributed by atoms with Crippen molar-refractivity contribution < 1.29 is 9.18 Å². The highest BCUT2D eigenvalue weighted by molar-refractivity contribution is 6.31. The molecule has 1 aliphatic heterocycles. The first kappa shape index (κ1) is 17.0. The monoisotopic (exact) mass is 372 g/mol. The van der Waals surface area contributed by atoms with Crippen LogP contribution in [-0.4, -0.2) is 38.4 Å². The van der Waals surface area contributed by atoms with E-state index in [2.05, 4.69) is 16.5 Å². The van der Waals surface area contributed by atoms with Crippen molar-refractivity contribution in [3.63, 3.8) is 0 Å². The zero-order valence-corrected chi connectivity index (χ0v) is 15.1. The maximum atomic E-state index is 13.3. The highest BCUT2D eigenvalue weighted by atomic mass is 35.5. The number of pyridine rings is 1. The minimum atomic E-state index is -0.522. The third-order valence-electron chi connectivity index (χ3n) is 4.86. The molecule has 1 saturated heterocycles. The maximum Gasteiger partial charge on any atom is 0.253 e. The number of benzene rings is 1. The Hall–Kier alpha value is -2.47. The number of likely N-dealkylation sites (tertiary alicyclic amines) is 1. The number of carbonyl (C=O) groups is 1. The lowest BCUT2D eigenvalue weighted by Crippen LogP contribution is -2.28. The number of rotatable bonds is 3. The van der Waals surface area contributed by atoms with E-state index in [9.17, 15) is 9.18 Å². The van der Waals surface area contributed by atoms with Crippen LogP contribution in [0.25, 0.3) is 11.2 Å². The van der Waals surface area contributed by atoms with Crippen LogP contribution in [0, 0.1) is 5.82 Å². The van der Waals surface area contributed by atoms with E-state index < -0.39 is 5.82 Å². The number of amides is 1. The van der Waals surface area contributed by atoms with Crippen molar-refractivity contribution >= 4 is 28.7 Å². The molecule has 1 aromatic carbocycles. The van der Waals surface area contributed by atoms with E-state index in [-0.39, 0.29) is 16.8 Å². The van der Waals surface area contributed by atoms with Crippen LogP contribution in [0.3, 0.4) is 0 Å². The Bertz CT molecular complexity index is 987. The van der Waals surface area contributed by atoms with Crippen LogP contribution < -0.4 is 0 Å². The van der Waals surface area contributed by atoms with E-state index >= 15 is 0 Å². The number of hydrogen-bond donors (Lipinski definition) is 0. The number of aromatic nitrogens is 3. The molecule has 0 bridgehead atoms. The minimum Gasteiger partial charge on any atom is -0.338 e. The van der Waals surface area contributed by atoms with E-state index in [0.717, 1.165) is 30.0 Å². The van der Waals surface area contributed by atoms with E-state index in [1.165, 1.54) is 18.2 Å². The number of imidazole rings is 1. The van der Waals surface area contributed by atoms with Gasteiger partial charge in [-0.3, -0.25) is 4.79 Å². The van der Waals surface area contributed by atoms with Gasteiger partial charge in [-0.05, 0) is 43.7 Å². The third kappa shape index (κ3) is 2.84. The van der Waals surface area contributed by atoms with E-state index in [1.54, 1.807) is 11.1 Å². The van der Waals surface area contributed by atoms with Gasteiger partial charge in [-0.1, -0.05) is 11.6 Å². The van der Waals surface area contributed by atoms with Crippen LogP contribution in [-0.2, 0) is 6.54 Å². The van der Waals surface area contributed by atoms with Gasteiger partial charge in [-0.2, -0.15) is 0 Å². The molecule has 5 nitrogen and oxygen atoms in total. The van der Waals surface area contributed by atoms with Gasteiger partial charge < -0.3 is 9.47 Å². The van der Waals surface area contributed by atoms with Crippen molar-refractivity contribution in [2.24, 2.45) is 0 Å². The van der Waals surface area contributed by atoms with E-state index in [0.29, 0.717) is 18.7 Å². The molecule has 2 aromatic heterocycles. The molecule has 1 aliphatic rings. The average molecular weight is 373 g/mol. The third-order valence-corrected chi connectivity index (χ3v) is 5.15. The van der Waals surface area contributed by atoms with Gasteiger partial charge in [-0.25, -0.2) is 14.4 Å². The summed E-state index contributed by atoms with van der Waals surface area (Å²) >= 11 is 5.81. The number of halogens is 2. The quantitative estimate of drug-likeness (QED) is 0.701. The van der Waals surface area contributed by atoms with Crippen LogP contribution in [0.15, 0.2) is 36.5 Å². The molecule has 3 aromatic rings. The fraction of sp³-hybridized carbons (Fsp3) is 0.316. The Kier molecular flexibility index (Phi) is 4.36. The van der Waals surface area contributed by atoms with Crippen LogP contribution in [0.2, 0.25) is 5.02 Å². The standard InChI is InChI=1S/C19H18ClFN4O/c1-2-25-17(23-16-4-3-8-22-18(16)25)13-7-9-24(11-13)19(26)12-5-6-15(21)14(20)10-12/h3-6,8,10,13H,2,7,9,11H2,1H3. The fourth-order valence-corrected chi connectivity index (χ4v) is 3.75. The lowest BCUT2D eigenvalue weighted by atomic mass is 10.1. The Balaban J connectivity index is 1.59. The summed E-state index contributed by atoms with van der Waals surface area (Å²) in [6.07, 6.45) is 2.60. The zero-order chi connectivity index (χ0) is 18.3. The first-order chi connectivity index (χ1) is 12.6. The molecule has 0 N–H and O–H groups in total. The van der Waals surface area contributed by atoms with Crippen molar-refractivity contribution in [3.8, 4) is 0 Å². The summed E-state index contributed by atoms with van der Waals surface area (Å²) in [4.78, 5) is 23.7. The van der Waals surface area contributed by atoms with Gasteiger partial charge in [0.1, 0.15) is 17.2 Å². The molecule has 134 valence electrons. The second-order valence-electron chi connectivity index (χ2n) is 6.43. The number of carbonyl (C=O) groups excluding carboxylic acids is 1. The topological polar surface area (TPSA) is 51.0 Å². The molecule has 7 heteroatoms. The van der Waals surface area contributed by atoms with Crippen molar-refractivity contribution in [1.82, 2.24) is 19.4 Å². The molecule has 0 saturated carbocycles. The van der Waals surface area contributed by atoms with Gasteiger partial charge in [0.05, 0.1) is 5.02 Å². The summed E-state index contributed by atoms with van der Waals surface area (Å²) in [5.41, 5.74) is 2.15. The molecular formula is C19H18ClFN4O. The second-order valence-corrected chi connectivity index (χ2v) is 6.83. The Morgan fingerprint density at radius 3 is 3.00 bits per heavy atom. The van der Waals surface area contributed by atoms with Gasteiger partial charge >= 0.3 is 0 Å². The van der Waals surface area contributed by atoms with Crippen LogP contribution >= 0.6 is 11.6 Å². The van der Waals surface area contributed by atoms with Gasteiger partial charge in [0.15, 0.2) is 5.65 Å². The van der Waals surface area contributed by atoms with Crippen LogP contribution in [0.4, 0.5) is 4.39 Å². The predicted molar refractivity (Wildman–Crippen MR) is 97.9 cm³/mol. The largest absolute Gasteiger partial charge is 0.338 e. The number of fused-ring (bicyclic) bond motifs is 1. The van der Waals surface area contributed by atoms with E-state index in [4.69, 9.17) is 16.6 Å². The predicted octanol–water partition coefficient (Wildman–Crippen LogP) is 3.87. The van der Waals surface area contributed by atoms with Crippen LogP contribution in [0.5, 0.6) is 0 Å². The molecule has 1 unspecified atom stereocenters. The van der Waals surface area contributed by atoms with Crippen molar-refractivity contribution in [2.75, 3.05) is 13.1 Å². The number of nitrogens with zero attached hydrogens (tertiary/aromatic N) is 4. The normalized spacial score (nSPS) is 17.2. The lowest BCUT2D eigenvalue weighted by molar-refractivity contribution is 0.0790. The number of hydrogen-bond acceptors (Lipinski definition) is 3. The van der Waals surface area contributed by atoms with Crippen molar-refractivity contribution in [2.45, 2.75) is 25.8 Å². The molecule has 4 rings (SSSR count). The summed E-state index contributed by atoms with van der Waals surface area (Å²) in [6, 6.07) is 7.92. The maximum absolute atomic E-state index is 13.3. The van der Waals surface area contributed by atoms with Crippen molar-refractivity contribution in [1.29, 1.82) is 0 Å². The highest BCUT2D eigenvalue weighted by Gasteiger charge is 2.31. The lowest BCUT2D eigenvalue weighted by Gasteiger charge is -2.17. The number of aryl methyl sites for hydroxylation is 1.